The molecule has 124 valence electrons. The monoisotopic (exact) mass is 319 g/mol. The highest BCUT2D eigenvalue weighted by Gasteiger charge is 2.35. The molecule has 0 radical (unpaired) electrons. The van der Waals surface area contributed by atoms with Gasteiger partial charge in [-0.2, -0.15) is 5.26 Å². The first-order valence-electron chi connectivity index (χ1n) is 8.16. The summed E-state index contributed by atoms with van der Waals surface area (Å²) in [5.41, 5.74) is 0.806. The van der Waals surface area contributed by atoms with E-state index >= 15 is 0 Å². The minimum absolute atomic E-state index is 0.147. The Bertz CT molecular complexity index is 572. The molecule has 2 saturated heterocycles. The average Bonchev–Trinajstić information content (AvgIpc) is 2.61. The van der Waals surface area contributed by atoms with Crippen LogP contribution >= 0.6 is 0 Å². The lowest BCUT2D eigenvalue weighted by Gasteiger charge is -2.41. The molecule has 1 atom stereocenters. The highest BCUT2D eigenvalue weighted by molar-refractivity contribution is 5.49. The van der Waals surface area contributed by atoms with Gasteiger partial charge in [-0.3, -0.25) is 4.90 Å². The fourth-order valence-corrected chi connectivity index (χ4v) is 3.69. The van der Waals surface area contributed by atoms with Crippen LogP contribution in [0.1, 0.15) is 30.0 Å². The van der Waals surface area contributed by atoms with E-state index in [-0.39, 0.29) is 17.7 Å². The Morgan fingerprint density at radius 2 is 2.00 bits per heavy atom. The number of phenolic OH excluding ortho intramolecular Hbond substituents is 1. The first-order chi connectivity index (χ1) is 11.2. The molecule has 0 aromatic heterocycles. The van der Waals surface area contributed by atoms with Gasteiger partial charge in [0.05, 0.1) is 11.6 Å². The third-order valence-electron chi connectivity index (χ3n) is 4.84. The van der Waals surface area contributed by atoms with Crippen molar-refractivity contribution in [2.24, 2.45) is 5.92 Å². The second-order valence-corrected chi connectivity index (χ2v) is 6.15. The van der Waals surface area contributed by atoms with E-state index in [1.165, 1.54) is 6.07 Å². The summed E-state index contributed by atoms with van der Waals surface area (Å²) in [4.78, 5) is 2.27. The van der Waals surface area contributed by atoms with Gasteiger partial charge in [0.25, 0.3) is 0 Å². The maximum atomic E-state index is 14.0. The van der Waals surface area contributed by atoms with Crippen molar-refractivity contribution < 1.29 is 14.2 Å². The number of aromatic hydroxyl groups is 1. The van der Waals surface area contributed by atoms with E-state index in [4.69, 9.17) is 4.74 Å². The van der Waals surface area contributed by atoms with Crippen LogP contribution in [0.15, 0.2) is 12.1 Å². The summed E-state index contributed by atoms with van der Waals surface area (Å²) in [6.45, 7) is 4.71. The molecule has 1 aromatic rings. The second-order valence-electron chi connectivity index (χ2n) is 6.15. The van der Waals surface area contributed by atoms with E-state index in [9.17, 15) is 14.8 Å². The van der Waals surface area contributed by atoms with Crippen molar-refractivity contribution in [3.63, 3.8) is 0 Å². The molecule has 2 heterocycles. The van der Waals surface area contributed by atoms with Crippen LogP contribution in [0.4, 0.5) is 4.39 Å². The van der Waals surface area contributed by atoms with Gasteiger partial charge >= 0.3 is 0 Å². The van der Waals surface area contributed by atoms with Crippen molar-refractivity contribution in [2.75, 3.05) is 39.4 Å². The molecular weight excluding hydrogens is 297 g/mol. The van der Waals surface area contributed by atoms with E-state index in [1.54, 1.807) is 0 Å². The van der Waals surface area contributed by atoms with Gasteiger partial charge in [-0.15, -0.1) is 0 Å². The largest absolute Gasteiger partial charge is 0.505 e. The van der Waals surface area contributed by atoms with Crippen LogP contribution < -0.4 is 5.32 Å². The molecule has 0 spiro atoms. The lowest BCUT2D eigenvalue weighted by atomic mass is 9.83. The zero-order valence-corrected chi connectivity index (χ0v) is 13.1. The summed E-state index contributed by atoms with van der Waals surface area (Å²) in [5, 5.41) is 23.1. The van der Waals surface area contributed by atoms with Gasteiger partial charge < -0.3 is 15.2 Å². The number of nitriles is 1. The lowest BCUT2D eigenvalue weighted by Crippen LogP contribution is -2.47. The quantitative estimate of drug-likeness (QED) is 0.889. The zero-order chi connectivity index (χ0) is 16.2. The first kappa shape index (κ1) is 16.2. The molecule has 0 unspecified atom stereocenters. The average molecular weight is 319 g/mol. The predicted octanol–water partition coefficient (Wildman–Crippen LogP) is 1.78. The van der Waals surface area contributed by atoms with Gasteiger partial charge in [-0.05, 0) is 30.9 Å². The minimum atomic E-state index is -0.661. The van der Waals surface area contributed by atoms with Crippen LogP contribution in [0.2, 0.25) is 0 Å². The number of hydrogen-bond acceptors (Lipinski definition) is 5. The number of benzene rings is 1. The predicted molar refractivity (Wildman–Crippen MR) is 83.5 cm³/mol. The van der Waals surface area contributed by atoms with Crippen LogP contribution in [0.3, 0.4) is 0 Å². The number of phenols is 1. The van der Waals surface area contributed by atoms with Crippen LogP contribution in [0, 0.1) is 23.1 Å². The topological polar surface area (TPSA) is 68.5 Å². The molecule has 2 N–H and O–H groups in total. The molecule has 0 bridgehead atoms. The number of nitrogens with one attached hydrogen (secondary N) is 1. The number of piperazine rings is 1. The van der Waals surface area contributed by atoms with Crippen molar-refractivity contribution in [1.29, 1.82) is 5.26 Å². The number of rotatable bonds is 3. The smallest absolute Gasteiger partial charge is 0.165 e. The Balaban J connectivity index is 2.03. The summed E-state index contributed by atoms with van der Waals surface area (Å²) in [7, 11) is 0. The third-order valence-corrected chi connectivity index (χ3v) is 4.84. The summed E-state index contributed by atoms with van der Waals surface area (Å²) in [6, 6.07) is 4.61. The van der Waals surface area contributed by atoms with Crippen molar-refractivity contribution in [1.82, 2.24) is 10.2 Å². The number of halogens is 1. The molecular formula is C17H22FN3O2. The number of hydrogen-bond donors (Lipinski definition) is 2. The Morgan fingerprint density at radius 3 is 2.65 bits per heavy atom. The molecule has 1 aromatic carbocycles. The molecule has 2 aliphatic heterocycles. The normalized spacial score (nSPS) is 21.7. The minimum Gasteiger partial charge on any atom is -0.505 e. The van der Waals surface area contributed by atoms with Gasteiger partial charge in [-0.1, -0.05) is 0 Å². The lowest BCUT2D eigenvalue weighted by molar-refractivity contribution is 0.0204. The van der Waals surface area contributed by atoms with Gasteiger partial charge in [0.1, 0.15) is 0 Å². The zero-order valence-electron chi connectivity index (χ0n) is 13.1. The molecule has 0 amide bonds. The summed E-state index contributed by atoms with van der Waals surface area (Å²) in [6.07, 6.45) is 1.71. The maximum Gasteiger partial charge on any atom is 0.165 e. The van der Waals surface area contributed by atoms with Crippen molar-refractivity contribution >= 4 is 0 Å². The number of ether oxygens (including phenoxy) is 1. The van der Waals surface area contributed by atoms with E-state index in [2.05, 4.69) is 16.3 Å². The molecule has 23 heavy (non-hydrogen) atoms. The summed E-state index contributed by atoms with van der Waals surface area (Å²) < 4.78 is 19.4. The standard InChI is InChI=1S/C17H22FN3O2/c18-14-2-1-13(11-19)15(17(14)22)16(12-3-9-23-10-4-12)21-7-5-20-6-8-21/h1-2,12,16,20,22H,3-10H2/t16-/m1/s1. The molecule has 5 nitrogen and oxygen atoms in total. The van der Waals surface area contributed by atoms with E-state index in [0.717, 1.165) is 45.1 Å². The summed E-state index contributed by atoms with van der Waals surface area (Å²) >= 11 is 0. The first-order valence-corrected chi connectivity index (χ1v) is 8.16. The molecule has 2 fully saturated rings. The Labute approximate surface area is 135 Å². The van der Waals surface area contributed by atoms with Gasteiger partial charge in [0.15, 0.2) is 11.6 Å². The Hall–Kier alpha value is -1.68. The van der Waals surface area contributed by atoms with Gasteiger partial charge in [0, 0.05) is 51.0 Å². The molecule has 0 saturated carbocycles. The van der Waals surface area contributed by atoms with Crippen LogP contribution in [0.5, 0.6) is 5.75 Å². The van der Waals surface area contributed by atoms with Crippen LogP contribution in [0.25, 0.3) is 0 Å². The highest BCUT2D eigenvalue weighted by Crippen LogP contribution is 2.41. The molecule has 0 aliphatic carbocycles. The molecule has 6 heteroatoms. The third kappa shape index (κ3) is 3.32. The Morgan fingerprint density at radius 1 is 1.30 bits per heavy atom. The second kappa shape index (κ2) is 7.26. The summed E-state index contributed by atoms with van der Waals surface area (Å²) in [5.74, 6) is -0.785. The van der Waals surface area contributed by atoms with Gasteiger partial charge in [0.2, 0.25) is 0 Å². The van der Waals surface area contributed by atoms with Crippen LogP contribution in [-0.2, 0) is 4.74 Å². The fourth-order valence-electron chi connectivity index (χ4n) is 3.69. The van der Waals surface area contributed by atoms with Gasteiger partial charge in [-0.25, -0.2) is 4.39 Å². The SMILES string of the molecule is N#Cc1ccc(F)c(O)c1[C@@H](C1CCOCC1)N1CCNCC1. The maximum absolute atomic E-state index is 14.0. The fraction of sp³-hybridized carbons (Fsp3) is 0.588. The van der Waals surface area contributed by atoms with E-state index < -0.39 is 5.82 Å². The Kier molecular flexibility index (Phi) is 5.11. The number of nitrogens with zero attached hydrogens (tertiary/aromatic N) is 2. The highest BCUT2D eigenvalue weighted by atomic mass is 19.1. The van der Waals surface area contributed by atoms with E-state index in [1.807, 2.05) is 0 Å². The van der Waals surface area contributed by atoms with Crippen molar-refractivity contribution in [3.8, 4) is 11.8 Å². The van der Waals surface area contributed by atoms with E-state index in [0.29, 0.717) is 24.3 Å². The molecule has 3 rings (SSSR count). The van der Waals surface area contributed by atoms with Crippen molar-refractivity contribution in [3.05, 3.63) is 29.1 Å². The molecule has 2 aliphatic rings. The van der Waals surface area contributed by atoms with Crippen molar-refractivity contribution in [2.45, 2.75) is 18.9 Å². The van der Waals surface area contributed by atoms with Crippen LogP contribution in [-0.4, -0.2) is 49.4 Å².